The quantitative estimate of drug-likeness (QED) is 0.820. The van der Waals surface area contributed by atoms with Gasteiger partial charge in [0.05, 0.1) is 6.61 Å². The number of rotatable bonds is 7. The summed E-state index contributed by atoms with van der Waals surface area (Å²) in [6.45, 7) is 6.38. The third-order valence-corrected chi connectivity index (χ3v) is 3.74. The lowest BCUT2D eigenvalue weighted by molar-refractivity contribution is -0.117. The number of carbonyl (C=O) groups excluding carboxylic acids is 1. The SMILES string of the molecule is CCOc1ccc(N[C@H](CC)C(=O)Nc2nnc(C)s2)cc1. The number of carbonyl (C=O) groups is 1. The Morgan fingerprint density at radius 1 is 1.27 bits per heavy atom. The van der Waals surface area contributed by atoms with Crippen LogP contribution in [0.1, 0.15) is 25.3 Å². The number of hydrogen-bond donors (Lipinski definition) is 2. The summed E-state index contributed by atoms with van der Waals surface area (Å²) in [5, 5.41) is 15.1. The van der Waals surface area contributed by atoms with Crippen LogP contribution >= 0.6 is 11.3 Å². The predicted octanol–water partition coefficient (Wildman–Crippen LogP) is 3.07. The van der Waals surface area contributed by atoms with E-state index in [-0.39, 0.29) is 11.9 Å². The first kappa shape index (κ1) is 16.2. The molecule has 0 radical (unpaired) electrons. The average Bonchev–Trinajstić information content (AvgIpc) is 2.91. The van der Waals surface area contributed by atoms with Crippen molar-refractivity contribution in [3.8, 4) is 5.75 Å². The molecule has 6 nitrogen and oxygen atoms in total. The predicted molar refractivity (Wildman–Crippen MR) is 88.6 cm³/mol. The Morgan fingerprint density at radius 3 is 2.55 bits per heavy atom. The number of nitrogens with zero attached hydrogens (tertiary/aromatic N) is 2. The third kappa shape index (κ3) is 4.42. The largest absolute Gasteiger partial charge is 0.494 e. The van der Waals surface area contributed by atoms with Gasteiger partial charge < -0.3 is 10.1 Å². The van der Waals surface area contributed by atoms with Crippen LogP contribution in [0.4, 0.5) is 10.8 Å². The van der Waals surface area contributed by atoms with Gasteiger partial charge in [-0.05, 0) is 44.5 Å². The van der Waals surface area contributed by atoms with Crippen molar-refractivity contribution < 1.29 is 9.53 Å². The van der Waals surface area contributed by atoms with E-state index in [4.69, 9.17) is 4.74 Å². The van der Waals surface area contributed by atoms with E-state index in [0.717, 1.165) is 16.4 Å². The minimum Gasteiger partial charge on any atom is -0.494 e. The maximum Gasteiger partial charge on any atom is 0.248 e. The highest BCUT2D eigenvalue weighted by Gasteiger charge is 2.17. The molecule has 1 atom stereocenters. The number of anilines is 2. The molecule has 2 rings (SSSR count). The van der Waals surface area contributed by atoms with E-state index in [1.54, 1.807) is 0 Å². The van der Waals surface area contributed by atoms with Gasteiger partial charge in [0.2, 0.25) is 11.0 Å². The van der Waals surface area contributed by atoms with Crippen LogP contribution in [-0.4, -0.2) is 28.8 Å². The van der Waals surface area contributed by atoms with Crippen molar-refractivity contribution in [2.24, 2.45) is 0 Å². The zero-order valence-electron chi connectivity index (χ0n) is 12.9. The van der Waals surface area contributed by atoms with Crippen LogP contribution < -0.4 is 15.4 Å². The van der Waals surface area contributed by atoms with Crippen molar-refractivity contribution in [2.45, 2.75) is 33.2 Å². The highest BCUT2D eigenvalue weighted by Crippen LogP contribution is 2.18. The highest BCUT2D eigenvalue weighted by molar-refractivity contribution is 7.15. The normalized spacial score (nSPS) is 11.8. The lowest BCUT2D eigenvalue weighted by Gasteiger charge is -2.17. The van der Waals surface area contributed by atoms with E-state index in [0.29, 0.717) is 18.2 Å². The molecule has 0 unspecified atom stereocenters. The number of nitrogens with one attached hydrogen (secondary N) is 2. The number of benzene rings is 1. The second kappa shape index (κ2) is 7.74. The smallest absolute Gasteiger partial charge is 0.248 e. The van der Waals surface area contributed by atoms with Gasteiger partial charge in [-0.1, -0.05) is 18.3 Å². The first-order valence-corrected chi connectivity index (χ1v) is 8.04. The zero-order valence-corrected chi connectivity index (χ0v) is 13.7. The molecule has 118 valence electrons. The van der Waals surface area contributed by atoms with Gasteiger partial charge in [0.1, 0.15) is 16.8 Å². The Balaban J connectivity index is 1.97. The molecule has 2 N–H and O–H groups in total. The van der Waals surface area contributed by atoms with Crippen LogP contribution in [-0.2, 0) is 4.79 Å². The third-order valence-electron chi connectivity index (χ3n) is 2.99. The summed E-state index contributed by atoms with van der Waals surface area (Å²) in [6, 6.07) is 7.23. The molecule has 1 heterocycles. The van der Waals surface area contributed by atoms with E-state index in [2.05, 4.69) is 20.8 Å². The lowest BCUT2D eigenvalue weighted by atomic mass is 10.2. The molecule has 22 heavy (non-hydrogen) atoms. The fourth-order valence-corrected chi connectivity index (χ4v) is 2.50. The molecule has 0 aliphatic carbocycles. The Morgan fingerprint density at radius 2 is 2.00 bits per heavy atom. The first-order chi connectivity index (χ1) is 10.6. The fourth-order valence-electron chi connectivity index (χ4n) is 1.91. The number of hydrogen-bond acceptors (Lipinski definition) is 6. The number of ether oxygens (including phenoxy) is 1. The van der Waals surface area contributed by atoms with Crippen molar-refractivity contribution in [3.63, 3.8) is 0 Å². The molecule has 0 aliphatic rings. The highest BCUT2D eigenvalue weighted by atomic mass is 32.1. The molecule has 0 aliphatic heterocycles. The molecule has 0 fully saturated rings. The van der Waals surface area contributed by atoms with Gasteiger partial charge in [-0.15, -0.1) is 10.2 Å². The van der Waals surface area contributed by atoms with Crippen LogP contribution in [0, 0.1) is 6.92 Å². The molecule has 2 aromatic rings. The number of amides is 1. The van der Waals surface area contributed by atoms with E-state index < -0.39 is 0 Å². The second-order valence-corrected chi connectivity index (χ2v) is 5.86. The molecule has 1 aromatic heterocycles. The molecule has 0 saturated heterocycles. The Bertz CT molecular complexity index is 612. The van der Waals surface area contributed by atoms with Crippen molar-refractivity contribution in [1.82, 2.24) is 10.2 Å². The summed E-state index contributed by atoms with van der Waals surface area (Å²) < 4.78 is 5.40. The Hall–Kier alpha value is -2.15. The Kier molecular flexibility index (Phi) is 5.71. The van der Waals surface area contributed by atoms with Gasteiger partial charge in [0.15, 0.2) is 0 Å². The van der Waals surface area contributed by atoms with Gasteiger partial charge >= 0.3 is 0 Å². The topological polar surface area (TPSA) is 76.1 Å². The molecule has 1 amide bonds. The summed E-state index contributed by atoms with van der Waals surface area (Å²) in [5.74, 6) is 0.697. The van der Waals surface area contributed by atoms with E-state index in [9.17, 15) is 4.79 Å². The average molecular weight is 320 g/mol. The van der Waals surface area contributed by atoms with Gasteiger partial charge in [0.25, 0.3) is 0 Å². The van der Waals surface area contributed by atoms with Crippen LogP contribution in [0.25, 0.3) is 0 Å². The summed E-state index contributed by atoms with van der Waals surface area (Å²) in [4.78, 5) is 12.3. The van der Waals surface area contributed by atoms with Crippen molar-refractivity contribution >= 4 is 28.1 Å². The standard InChI is InChI=1S/C15H20N4O2S/c1-4-13(14(20)17-15-19-18-10(3)22-15)16-11-6-8-12(9-7-11)21-5-2/h6-9,13,16H,4-5H2,1-3H3,(H,17,19,20)/t13-/m1/s1. The van der Waals surface area contributed by atoms with Crippen LogP contribution in [0.3, 0.4) is 0 Å². The summed E-state index contributed by atoms with van der Waals surface area (Å²) in [7, 11) is 0. The van der Waals surface area contributed by atoms with Crippen LogP contribution in [0.2, 0.25) is 0 Å². The van der Waals surface area contributed by atoms with E-state index >= 15 is 0 Å². The molecule has 0 bridgehead atoms. The van der Waals surface area contributed by atoms with Gasteiger partial charge in [-0.2, -0.15) is 0 Å². The van der Waals surface area contributed by atoms with Crippen molar-refractivity contribution in [3.05, 3.63) is 29.3 Å². The van der Waals surface area contributed by atoms with Gasteiger partial charge in [0, 0.05) is 5.69 Å². The first-order valence-electron chi connectivity index (χ1n) is 7.22. The minimum absolute atomic E-state index is 0.118. The van der Waals surface area contributed by atoms with Crippen LogP contribution in [0.15, 0.2) is 24.3 Å². The van der Waals surface area contributed by atoms with Crippen LogP contribution in [0.5, 0.6) is 5.75 Å². The van der Waals surface area contributed by atoms with E-state index in [1.165, 1.54) is 11.3 Å². The molecule has 0 saturated carbocycles. The number of aromatic nitrogens is 2. The van der Waals surface area contributed by atoms with Gasteiger partial charge in [-0.25, -0.2) is 0 Å². The minimum atomic E-state index is -0.331. The zero-order chi connectivity index (χ0) is 15.9. The maximum atomic E-state index is 12.3. The summed E-state index contributed by atoms with van der Waals surface area (Å²) >= 11 is 1.36. The maximum absolute atomic E-state index is 12.3. The molecule has 1 aromatic carbocycles. The summed E-state index contributed by atoms with van der Waals surface area (Å²) in [5.41, 5.74) is 0.874. The molecular formula is C15H20N4O2S. The lowest BCUT2D eigenvalue weighted by Crippen LogP contribution is -2.34. The monoisotopic (exact) mass is 320 g/mol. The molecule has 7 heteroatoms. The van der Waals surface area contributed by atoms with E-state index in [1.807, 2.05) is 45.0 Å². The summed E-state index contributed by atoms with van der Waals surface area (Å²) in [6.07, 6.45) is 0.664. The van der Waals surface area contributed by atoms with Gasteiger partial charge in [-0.3, -0.25) is 10.1 Å². The number of aryl methyl sites for hydroxylation is 1. The molecular weight excluding hydrogens is 300 g/mol. The van der Waals surface area contributed by atoms with Crippen molar-refractivity contribution in [2.75, 3.05) is 17.2 Å². The fraction of sp³-hybridized carbons (Fsp3) is 0.400. The second-order valence-electron chi connectivity index (χ2n) is 4.68. The molecule has 0 spiro atoms. The van der Waals surface area contributed by atoms with Crippen molar-refractivity contribution in [1.29, 1.82) is 0 Å². The Labute approximate surface area is 133 Å².